The van der Waals surface area contributed by atoms with E-state index < -0.39 is 0 Å². The fraction of sp³-hybridized carbons (Fsp3) is 0.980. The van der Waals surface area contributed by atoms with Crippen LogP contribution in [0.1, 0.15) is 240 Å². The Morgan fingerprint density at radius 1 is 0.463 bits per heavy atom. The Balaban J connectivity index is 2.28. The van der Waals surface area contributed by atoms with Gasteiger partial charge in [-0.2, -0.15) is 0 Å². The Bertz CT molecular complexity index is 750. The number of hydrogen-bond donors (Lipinski definition) is 1. The molecule has 1 fully saturated rings. The lowest BCUT2D eigenvalue weighted by Crippen LogP contribution is -2.48. The number of carbonyl (C=O) groups is 1. The molecule has 5 nitrogen and oxygen atoms in total. The van der Waals surface area contributed by atoms with E-state index in [0.29, 0.717) is 13.0 Å². The molecule has 1 atom stereocenters. The van der Waals surface area contributed by atoms with Crippen LogP contribution in [0, 0.1) is 17.8 Å². The van der Waals surface area contributed by atoms with Gasteiger partial charge in [0, 0.05) is 45.7 Å². The first-order valence-electron chi connectivity index (χ1n) is 24.8. The Morgan fingerprint density at radius 3 is 1.24 bits per heavy atom. The van der Waals surface area contributed by atoms with Crippen molar-refractivity contribution in [1.29, 1.82) is 0 Å². The third kappa shape index (κ3) is 31.4. The first-order chi connectivity index (χ1) is 26.6. The molecule has 5 heteroatoms. The van der Waals surface area contributed by atoms with Crippen molar-refractivity contribution in [3.63, 3.8) is 0 Å². The van der Waals surface area contributed by atoms with Gasteiger partial charge in [-0.3, -0.25) is 9.69 Å². The molecule has 0 bridgehead atoms. The fourth-order valence-electron chi connectivity index (χ4n) is 9.02. The van der Waals surface area contributed by atoms with Crippen LogP contribution in [0.3, 0.4) is 0 Å². The zero-order valence-corrected chi connectivity index (χ0v) is 37.4. The normalized spacial score (nSPS) is 14.8. The number of unbranched alkanes of at least 4 members (excludes halogenated alkanes) is 18. The Morgan fingerprint density at radius 2 is 0.815 bits per heavy atom. The summed E-state index contributed by atoms with van der Waals surface area (Å²) in [5.74, 6) is 2.57. The molecule has 54 heavy (non-hydrogen) atoms. The third-order valence-corrected chi connectivity index (χ3v) is 12.8. The van der Waals surface area contributed by atoms with Crippen molar-refractivity contribution in [3.8, 4) is 0 Å². The molecule has 1 aliphatic heterocycles. The molecule has 1 N–H and O–H groups in total. The van der Waals surface area contributed by atoms with Crippen LogP contribution < -0.4 is 0 Å². The van der Waals surface area contributed by atoms with Gasteiger partial charge in [-0.25, -0.2) is 0 Å². The predicted molar refractivity (Wildman–Crippen MR) is 236 cm³/mol. The number of aliphatic hydroxyl groups excluding tert-OH is 1. The quantitative estimate of drug-likeness (QED) is 0.0496. The molecule has 0 aromatic rings. The largest absolute Gasteiger partial charge is 0.466 e. The molecule has 1 rings (SSSR count). The summed E-state index contributed by atoms with van der Waals surface area (Å²) in [6.45, 7) is 16.7. The third-order valence-electron chi connectivity index (χ3n) is 12.8. The van der Waals surface area contributed by atoms with Gasteiger partial charge in [-0.15, -0.1) is 0 Å². The highest BCUT2D eigenvalue weighted by Crippen LogP contribution is 2.25. The van der Waals surface area contributed by atoms with Crippen molar-refractivity contribution < 1.29 is 14.6 Å². The van der Waals surface area contributed by atoms with Gasteiger partial charge in [0.1, 0.15) is 0 Å². The van der Waals surface area contributed by atoms with Crippen molar-refractivity contribution in [1.82, 2.24) is 9.80 Å². The first kappa shape index (κ1) is 51.4. The average molecular weight is 763 g/mol. The minimum absolute atomic E-state index is 0.0271. The zero-order chi connectivity index (χ0) is 39.2. The number of aliphatic hydroxyl groups is 1. The van der Waals surface area contributed by atoms with E-state index in [2.05, 4.69) is 37.5 Å². The van der Waals surface area contributed by atoms with Crippen LogP contribution in [0.4, 0.5) is 0 Å². The minimum Gasteiger partial charge on any atom is -0.466 e. The second-order valence-electron chi connectivity index (χ2n) is 17.8. The van der Waals surface area contributed by atoms with Gasteiger partial charge in [-0.1, -0.05) is 207 Å². The summed E-state index contributed by atoms with van der Waals surface area (Å²) in [4.78, 5) is 17.6. The second kappa shape index (κ2) is 39.2. The van der Waals surface area contributed by atoms with Gasteiger partial charge in [0.05, 0.1) is 13.2 Å². The summed E-state index contributed by atoms with van der Waals surface area (Å²) in [6.07, 6.45) is 43.7. The molecule has 1 saturated heterocycles. The number of esters is 1. The van der Waals surface area contributed by atoms with Crippen molar-refractivity contribution in [2.45, 2.75) is 240 Å². The maximum absolute atomic E-state index is 12.4. The number of nitrogens with zero attached hydrogens (tertiary/aromatic N) is 2. The molecule has 0 spiro atoms. The summed E-state index contributed by atoms with van der Waals surface area (Å²) in [7, 11) is 0. The molecule has 0 saturated carbocycles. The molecule has 0 aromatic carbocycles. The Labute approximate surface area is 339 Å². The number of rotatable bonds is 41. The average Bonchev–Trinajstić information content (AvgIpc) is 3.17. The van der Waals surface area contributed by atoms with Crippen LogP contribution in [0.25, 0.3) is 0 Å². The van der Waals surface area contributed by atoms with Crippen molar-refractivity contribution in [3.05, 3.63) is 0 Å². The van der Waals surface area contributed by atoms with Crippen molar-refractivity contribution in [2.24, 2.45) is 17.8 Å². The highest BCUT2D eigenvalue weighted by Gasteiger charge is 2.20. The minimum atomic E-state index is 0.0271. The van der Waals surface area contributed by atoms with E-state index >= 15 is 0 Å². The van der Waals surface area contributed by atoms with Gasteiger partial charge in [0.2, 0.25) is 0 Å². The summed E-state index contributed by atoms with van der Waals surface area (Å²) in [6, 6.07) is 0. The van der Waals surface area contributed by atoms with Gasteiger partial charge in [-0.05, 0) is 43.4 Å². The van der Waals surface area contributed by atoms with Crippen LogP contribution >= 0.6 is 0 Å². The zero-order valence-electron chi connectivity index (χ0n) is 37.4. The van der Waals surface area contributed by atoms with Crippen LogP contribution in [-0.2, 0) is 9.53 Å². The summed E-state index contributed by atoms with van der Waals surface area (Å²) in [5.41, 5.74) is 0. The topological polar surface area (TPSA) is 53.0 Å². The molecular formula is C49H98N2O3. The first-order valence-corrected chi connectivity index (χ1v) is 24.8. The molecule has 322 valence electrons. The highest BCUT2D eigenvalue weighted by molar-refractivity contribution is 5.69. The fourth-order valence-corrected chi connectivity index (χ4v) is 9.02. The number of carbonyl (C=O) groups excluding carboxylic acids is 1. The summed E-state index contributed by atoms with van der Waals surface area (Å²) < 4.78 is 5.70. The van der Waals surface area contributed by atoms with Crippen molar-refractivity contribution in [2.75, 3.05) is 52.5 Å². The van der Waals surface area contributed by atoms with E-state index in [1.54, 1.807) is 0 Å². The number of ether oxygens (including phenoxy) is 1. The molecule has 1 aliphatic rings. The lowest BCUT2D eigenvalue weighted by Gasteiger charge is -2.36. The van der Waals surface area contributed by atoms with Gasteiger partial charge < -0.3 is 14.7 Å². The van der Waals surface area contributed by atoms with Crippen LogP contribution in [0.15, 0.2) is 0 Å². The highest BCUT2D eigenvalue weighted by atomic mass is 16.5. The predicted octanol–water partition coefficient (Wildman–Crippen LogP) is 13.9. The maximum atomic E-state index is 12.4. The molecule has 1 unspecified atom stereocenters. The van der Waals surface area contributed by atoms with Crippen LogP contribution in [0.2, 0.25) is 0 Å². The monoisotopic (exact) mass is 763 g/mol. The van der Waals surface area contributed by atoms with Crippen LogP contribution in [-0.4, -0.2) is 73.4 Å². The van der Waals surface area contributed by atoms with E-state index in [0.717, 1.165) is 69.7 Å². The van der Waals surface area contributed by atoms with E-state index in [-0.39, 0.29) is 12.6 Å². The molecule has 0 radical (unpaired) electrons. The van der Waals surface area contributed by atoms with E-state index in [4.69, 9.17) is 4.74 Å². The molecule has 1 heterocycles. The number of β-amino-alcohol motifs (C(OH)–C–C–N with tert-alkyl or cyclic N) is 1. The lowest BCUT2D eigenvalue weighted by atomic mass is 9.90. The smallest absolute Gasteiger partial charge is 0.305 e. The standard InChI is InChI=1S/C49H98N2O3/c1-5-9-21-29-46(30-22-10-6-2)33-25-17-14-13-15-18-26-34-48(45-51-40-38-50(39-41-51)42-43-52)35-27-19-16-20-28-36-49(53)54-44-37-47(31-23-11-7-3)32-24-12-8-4/h46-48,52H,5-45H2,1-4H3. The van der Waals surface area contributed by atoms with E-state index in [1.165, 1.54) is 193 Å². The molecule has 0 aliphatic carbocycles. The number of hydrogen-bond acceptors (Lipinski definition) is 5. The number of piperazine rings is 1. The molecule has 0 aromatic heterocycles. The molecule has 0 amide bonds. The summed E-state index contributed by atoms with van der Waals surface area (Å²) >= 11 is 0. The second-order valence-corrected chi connectivity index (χ2v) is 17.8. The maximum Gasteiger partial charge on any atom is 0.305 e. The van der Waals surface area contributed by atoms with E-state index in [1.807, 2.05) is 0 Å². The SMILES string of the molecule is CCCCCC(CCCCC)CCCCCCCCCC(CCCCCCCC(=O)OCCC(CCCCC)CCCCC)CN1CCN(CCO)CC1. The van der Waals surface area contributed by atoms with E-state index in [9.17, 15) is 9.90 Å². The van der Waals surface area contributed by atoms with Gasteiger partial charge in [0.25, 0.3) is 0 Å². The van der Waals surface area contributed by atoms with Crippen LogP contribution in [0.5, 0.6) is 0 Å². The van der Waals surface area contributed by atoms with Crippen molar-refractivity contribution >= 4 is 5.97 Å². The Hall–Kier alpha value is -0.650. The summed E-state index contributed by atoms with van der Waals surface area (Å²) in [5, 5.41) is 9.36. The van der Waals surface area contributed by atoms with Gasteiger partial charge >= 0.3 is 5.97 Å². The van der Waals surface area contributed by atoms with Gasteiger partial charge in [0.15, 0.2) is 0 Å². The molecular weight excluding hydrogens is 665 g/mol. The Kier molecular flexibility index (Phi) is 37.3. The lowest BCUT2D eigenvalue weighted by molar-refractivity contribution is -0.144.